The van der Waals surface area contributed by atoms with Crippen LogP contribution in [0.15, 0.2) is 218 Å². The summed E-state index contributed by atoms with van der Waals surface area (Å²) in [5.41, 5.74) is 53.4. The number of nitrogen functional groups attached to an aromatic ring is 4. The molecule has 12 aromatic carbocycles. The van der Waals surface area contributed by atoms with E-state index in [0.29, 0.717) is 68.7 Å². The maximum absolute atomic E-state index is 8.46. The monoisotopic (exact) mass is 1220 g/mol. The molecule has 14 rings (SSSR count). The van der Waals surface area contributed by atoms with Crippen LogP contribution in [0.3, 0.4) is 0 Å². The number of hydrogen-bond donors (Lipinski definition) is 4. The number of anilines is 4. The van der Waals surface area contributed by atoms with E-state index in [2.05, 4.69) is 115 Å². The first-order valence-electron chi connectivity index (χ1n) is 30.4. The highest BCUT2D eigenvalue weighted by Gasteiger charge is 2.59. The van der Waals surface area contributed by atoms with Gasteiger partial charge in [-0.1, -0.05) is 103 Å². The summed E-state index contributed by atoms with van der Waals surface area (Å²) in [6, 6.07) is 73.8. The summed E-state index contributed by atoms with van der Waals surface area (Å²) in [6.45, 7) is 0. The third-order valence-corrected chi connectivity index (χ3v) is 18.6. The van der Waals surface area contributed by atoms with Gasteiger partial charge in [0.1, 0.15) is 46.0 Å². The Morgan fingerprint density at radius 3 is 0.763 bits per heavy atom. The molecule has 1 spiro atoms. The Kier molecular flexibility index (Phi) is 14.9. The zero-order valence-corrected chi connectivity index (χ0v) is 52.9. The second-order valence-corrected chi connectivity index (χ2v) is 23.1. The van der Waals surface area contributed by atoms with Crippen LogP contribution in [0, 0.1) is 0 Å². The van der Waals surface area contributed by atoms with Gasteiger partial charge < -0.3 is 60.8 Å². The lowest BCUT2D eigenvalue weighted by molar-refractivity contribution is 0.414. The number of hydrogen-bond acceptors (Lipinski definition) is 12. The fourth-order valence-corrected chi connectivity index (χ4v) is 14.4. The fourth-order valence-electron chi connectivity index (χ4n) is 14.4. The molecule has 2 aliphatic carbocycles. The van der Waals surface area contributed by atoms with Gasteiger partial charge in [0.05, 0.1) is 62.3 Å². The van der Waals surface area contributed by atoms with E-state index in [9.17, 15) is 0 Å². The molecule has 0 unspecified atom stereocenters. The van der Waals surface area contributed by atoms with Crippen molar-refractivity contribution in [3.8, 4) is 157 Å². The number of rotatable bonds is 16. The first kappa shape index (κ1) is 58.9. The largest absolute Gasteiger partial charge is 0.497 e. The smallest absolute Gasteiger partial charge is 0.118 e. The molecule has 2 aliphatic rings. The lowest BCUT2D eigenvalue weighted by Crippen LogP contribution is -2.30. The van der Waals surface area contributed by atoms with Crippen molar-refractivity contribution >= 4 is 22.7 Å². The number of methoxy groups -OCH3 is 8. The molecule has 0 aromatic heterocycles. The summed E-state index contributed by atoms with van der Waals surface area (Å²) in [6.07, 6.45) is 0. The minimum Gasteiger partial charge on any atom is -0.497 e. The Morgan fingerprint density at radius 1 is 0.215 bits per heavy atom. The minimum absolute atomic E-state index is 0.509. The van der Waals surface area contributed by atoms with Gasteiger partial charge in [-0.05, 0) is 215 Å². The highest BCUT2D eigenvalue weighted by Crippen LogP contribution is 2.74. The summed E-state index contributed by atoms with van der Waals surface area (Å²) in [4.78, 5) is 0. The summed E-state index contributed by atoms with van der Waals surface area (Å²) in [5, 5.41) is 0. The molecule has 12 aromatic rings. The molecule has 0 amide bonds. The molecule has 0 heterocycles. The van der Waals surface area contributed by atoms with Gasteiger partial charge in [0, 0.05) is 56.1 Å². The molecule has 93 heavy (non-hydrogen) atoms. The van der Waals surface area contributed by atoms with E-state index in [1.54, 1.807) is 56.9 Å². The SMILES string of the molecule is COc1ccc(-c2cc3c(c(-c4ccc(OC)cc4)c2N)C2(c4cc(N)ccc4-3)c3c(-c4ccc(OC)cc4)c(N)c(-c4ccc(OC)cc4)c(-c4ccc(OC)cc4)c3-c3c(-c4ccc(OC)cc4)c(-c4ccc(OC)cc4)c(N)c(-c4ccc(OC)cc4)c32)cc1. The summed E-state index contributed by atoms with van der Waals surface area (Å²) < 4.78 is 47.2. The highest BCUT2D eigenvalue weighted by molar-refractivity contribution is 6.21. The van der Waals surface area contributed by atoms with Crippen molar-refractivity contribution in [3.63, 3.8) is 0 Å². The van der Waals surface area contributed by atoms with E-state index in [1.807, 2.05) is 103 Å². The van der Waals surface area contributed by atoms with Gasteiger partial charge in [-0.25, -0.2) is 0 Å². The highest BCUT2D eigenvalue weighted by atomic mass is 16.5. The van der Waals surface area contributed by atoms with Crippen molar-refractivity contribution in [1.82, 2.24) is 0 Å². The maximum atomic E-state index is 8.46. The van der Waals surface area contributed by atoms with Gasteiger partial charge in [-0.2, -0.15) is 0 Å². The average molecular weight is 1230 g/mol. The normalized spacial score (nSPS) is 12.1. The first-order chi connectivity index (χ1) is 45.4. The topological polar surface area (TPSA) is 178 Å². The Hall–Kier alpha value is -11.8. The van der Waals surface area contributed by atoms with Gasteiger partial charge in [0.15, 0.2) is 0 Å². The molecule has 8 N–H and O–H groups in total. The molecule has 460 valence electrons. The number of benzene rings is 12. The van der Waals surface area contributed by atoms with Crippen LogP contribution in [0.2, 0.25) is 0 Å². The van der Waals surface area contributed by atoms with Crippen LogP contribution in [-0.4, -0.2) is 56.9 Å². The van der Waals surface area contributed by atoms with E-state index < -0.39 is 5.41 Å². The molecule has 0 fully saturated rings. The van der Waals surface area contributed by atoms with Gasteiger partial charge >= 0.3 is 0 Å². The minimum atomic E-state index is -1.45. The van der Waals surface area contributed by atoms with Crippen LogP contribution in [-0.2, 0) is 5.41 Å². The van der Waals surface area contributed by atoms with Gasteiger partial charge in [-0.3, -0.25) is 0 Å². The Balaban J connectivity index is 1.35. The van der Waals surface area contributed by atoms with Crippen LogP contribution in [0.4, 0.5) is 22.7 Å². The van der Waals surface area contributed by atoms with Crippen LogP contribution < -0.4 is 60.8 Å². The van der Waals surface area contributed by atoms with Gasteiger partial charge in [0.25, 0.3) is 0 Å². The van der Waals surface area contributed by atoms with Crippen molar-refractivity contribution in [2.24, 2.45) is 0 Å². The summed E-state index contributed by atoms with van der Waals surface area (Å²) in [7, 11) is 13.4. The van der Waals surface area contributed by atoms with E-state index in [0.717, 1.165) is 134 Å². The van der Waals surface area contributed by atoms with Crippen LogP contribution in [0.1, 0.15) is 22.3 Å². The van der Waals surface area contributed by atoms with Crippen LogP contribution >= 0.6 is 0 Å². The van der Waals surface area contributed by atoms with Crippen molar-refractivity contribution in [1.29, 1.82) is 0 Å². The third-order valence-electron chi connectivity index (χ3n) is 18.6. The number of ether oxygens (including phenoxy) is 8. The molecular weight excluding hydrogens is 1160 g/mol. The first-order valence-corrected chi connectivity index (χ1v) is 30.4. The predicted molar refractivity (Wildman–Crippen MR) is 376 cm³/mol. The fraction of sp³-hybridized carbons (Fsp3) is 0.111. The Morgan fingerprint density at radius 2 is 0.473 bits per heavy atom. The molecule has 0 radical (unpaired) electrons. The maximum Gasteiger partial charge on any atom is 0.118 e. The van der Waals surface area contributed by atoms with Crippen molar-refractivity contribution < 1.29 is 37.9 Å². The molecule has 0 aliphatic heterocycles. The van der Waals surface area contributed by atoms with E-state index in [1.165, 1.54) is 0 Å². The summed E-state index contributed by atoms with van der Waals surface area (Å²) in [5.74, 6) is 5.45. The average Bonchev–Trinajstić information content (AvgIpc) is 1.48. The molecule has 12 heteroatoms. The standard InChI is InChI=1S/C81H68N4O8/c1-86-54-26-9-45(10-27-54)63-44-64-62-42-25-53(82)43-65(62)81(75(64)70(78(63)83)50-19-36-59(91-6)37-20-50)76-71(51-21-38-60(92-7)39-22-51)79(84)68(48-15-32-57(89-4)33-16-48)66(46-11-28-55(87-2)29-12-46)73(76)74-67(47-13-30-56(88-3)31-14-47)69(49-17-34-58(90-5)35-18-49)80(85)72(77(74)81)52-23-40-61(93-8)41-24-52/h9-44H,82-85H2,1-8H3. The van der Waals surface area contributed by atoms with Crippen molar-refractivity contribution in [2.75, 3.05) is 79.8 Å². The number of fused-ring (bicyclic) bond motifs is 10. The second kappa shape index (κ2) is 23.6. The van der Waals surface area contributed by atoms with Crippen LogP contribution in [0.25, 0.3) is 111 Å². The lowest BCUT2D eigenvalue weighted by Gasteiger charge is -2.37. The molecular formula is C81H68N4O8. The number of nitrogens with two attached hydrogens (primary N) is 4. The quantitative estimate of drug-likeness (QED) is 0.0674. The molecule has 0 atom stereocenters. The molecule has 0 saturated carbocycles. The third kappa shape index (κ3) is 9.35. The Labute approximate surface area is 541 Å². The molecule has 0 bridgehead atoms. The van der Waals surface area contributed by atoms with Crippen LogP contribution in [0.5, 0.6) is 46.0 Å². The van der Waals surface area contributed by atoms with Gasteiger partial charge in [0.2, 0.25) is 0 Å². The van der Waals surface area contributed by atoms with E-state index in [-0.39, 0.29) is 0 Å². The Bertz CT molecular complexity index is 4650. The second-order valence-electron chi connectivity index (χ2n) is 23.1. The predicted octanol–water partition coefficient (Wildman–Crippen LogP) is 17.8. The van der Waals surface area contributed by atoms with Gasteiger partial charge in [-0.15, -0.1) is 0 Å². The van der Waals surface area contributed by atoms with Crippen molar-refractivity contribution in [3.05, 3.63) is 241 Å². The summed E-state index contributed by atoms with van der Waals surface area (Å²) >= 11 is 0. The molecule has 12 nitrogen and oxygen atoms in total. The van der Waals surface area contributed by atoms with Crippen molar-refractivity contribution in [2.45, 2.75) is 5.41 Å². The zero-order valence-electron chi connectivity index (χ0n) is 52.9. The van der Waals surface area contributed by atoms with E-state index in [4.69, 9.17) is 60.8 Å². The van der Waals surface area contributed by atoms with E-state index >= 15 is 0 Å². The lowest BCUT2D eigenvalue weighted by atomic mass is 9.63. The zero-order chi connectivity index (χ0) is 64.4. The molecule has 0 saturated heterocycles.